The first-order chi connectivity index (χ1) is 16.2. The van der Waals surface area contributed by atoms with Crippen molar-refractivity contribution >= 4 is 29.3 Å². The van der Waals surface area contributed by atoms with Crippen LogP contribution in [0.4, 0.5) is 0 Å². The minimum Gasteiger partial charge on any atom is -0.356 e. The van der Waals surface area contributed by atoms with E-state index in [4.69, 9.17) is 16.1 Å². The maximum atomic E-state index is 12.7. The predicted molar refractivity (Wildman–Crippen MR) is 133 cm³/mol. The van der Waals surface area contributed by atoms with Crippen LogP contribution in [0.25, 0.3) is 11.4 Å². The molecule has 1 aromatic heterocycles. The number of likely N-dealkylation sites (tertiary alicyclic amines) is 1. The van der Waals surface area contributed by atoms with E-state index < -0.39 is 0 Å². The number of hydrogen-bond acceptors (Lipinski definition) is 6. The fourth-order valence-corrected chi connectivity index (χ4v) is 5.11. The Kier molecular flexibility index (Phi) is 8.80. The molecule has 1 N–H and O–H groups in total. The Morgan fingerprint density at radius 3 is 2.85 bits per heavy atom. The Bertz CT molecular complexity index is 1030. The van der Waals surface area contributed by atoms with Crippen LogP contribution in [0.3, 0.4) is 0 Å². The summed E-state index contributed by atoms with van der Waals surface area (Å²) in [6.07, 6.45) is 2.88. The van der Waals surface area contributed by atoms with Gasteiger partial charge in [0, 0.05) is 24.4 Å². The Morgan fingerprint density at radius 1 is 1.18 bits per heavy atom. The average Bonchev–Trinajstić information content (AvgIpc) is 3.30. The van der Waals surface area contributed by atoms with Gasteiger partial charge in [-0.15, -0.1) is 0 Å². The maximum absolute atomic E-state index is 12.7. The van der Waals surface area contributed by atoms with Crippen LogP contribution in [0.2, 0.25) is 5.02 Å². The smallest absolute Gasteiger partial charge is 0.241 e. The molecule has 2 heterocycles. The summed E-state index contributed by atoms with van der Waals surface area (Å²) in [7, 11) is 0. The Balaban J connectivity index is 1.18. The third-order valence-corrected chi connectivity index (χ3v) is 7.14. The molecule has 33 heavy (non-hydrogen) atoms. The highest BCUT2D eigenvalue weighted by molar-refractivity contribution is 7.98. The van der Waals surface area contributed by atoms with Gasteiger partial charge in [-0.1, -0.05) is 59.2 Å². The summed E-state index contributed by atoms with van der Waals surface area (Å²) in [5, 5.41) is 7.79. The van der Waals surface area contributed by atoms with Gasteiger partial charge in [-0.3, -0.25) is 9.69 Å². The monoisotopic (exact) mass is 484 g/mol. The van der Waals surface area contributed by atoms with E-state index in [1.165, 1.54) is 5.56 Å². The fourth-order valence-electron chi connectivity index (χ4n) is 3.97. The number of piperidine rings is 1. The zero-order chi connectivity index (χ0) is 22.9. The van der Waals surface area contributed by atoms with Crippen molar-refractivity contribution in [2.75, 3.05) is 25.4 Å². The molecule has 2 aromatic carbocycles. The van der Waals surface area contributed by atoms with E-state index in [0.29, 0.717) is 29.8 Å². The SMILES string of the molecule is O=C(NCCCSCc1ccccc1)C1CCCN(Cc2nc(-c3ccccc3Cl)no2)C1. The van der Waals surface area contributed by atoms with Crippen molar-refractivity contribution in [2.24, 2.45) is 5.92 Å². The summed E-state index contributed by atoms with van der Waals surface area (Å²) in [6.45, 7) is 2.89. The molecular weight excluding hydrogens is 456 g/mol. The minimum absolute atomic E-state index is 0.00156. The molecular formula is C25H29ClN4O2S. The molecule has 1 fully saturated rings. The lowest BCUT2D eigenvalue weighted by molar-refractivity contribution is -0.126. The molecule has 1 amide bonds. The first kappa shape index (κ1) is 23.8. The van der Waals surface area contributed by atoms with E-state index in [1.807, 2.05) is 42.1 Å². The molecule has 3 aromatic rings. The number of nitrogens with one attached hydrogen (secondary N) is 1. The van der Waals surface area contributed by atoms with Crippen molar-refractivity contribution in [2.45, 2.75) is 31.6 Å². The number of amides is 1. The normalized spacial score (nSPS) is 16.6. The van der Waals surface area contributed by atoms with Gasteiger partial charge in [0.1, 0.15) is 0 Å². The van der Waals surface area contributed by atoms with Crippen LogP contribution in [-0.4, -0.2) is 46.3 Å². The van der Waals surface area contributed by atoms with Crippen LogP contribution in [0.5, 0.6) is 0 Å². The molecule has 0 aliphatic carbocycles. The van der Waals surface area contributed by atoms with E-state index >= 15 is 0 Å². The second-order valence-corrected chi connectivity index (χ2v) is 9.76. The molecule has 0 radical (unpaired) electrons. The number of halogens is 1. The molecule has 1 aliphatic heterocycles. The first-order valence-electron chi connectivity index (χ1n) is 11.4. The summed E-state index contributed by atoms with van der Waals surface area (Å²) in [6, 6.07) is 17.9. The van der Waals surface area contributed by atoms with Crippen LogP contribution in [0.15, 0.2) is 59.1 Å². The molecule has 0 saturated carbocycles. The lowest BCUT2D eigenvalue weighted by atomic mass is 9.97. The predicted octanol–water partition coefficient (Wildman–Crippen LogP) is 5.04. The average molecular weight is 485 g/mol. The summed E-state index contributed by atoms with van der Waals surface area (Å²) < 4.78 is 5.44. The zero-order valence-corrected chi connectivity index (χ0v) is 20.2. The third kappa shape index (κ3) is 7.06. The molecule has 1 atom stereocenters. The second kappa shape index (κ2) is 12.2. The topological polar surface area (TPSA) is 71.3 Å². The van der Waals surface area contributed by atoms with Crippen LogP contribution < -0.4 is 5.32 Å². The van der Waals surface area contributed by atoms with Crippen molar-refractivity contribution < 1.29 is 9.32 Å². The zero-order valence-electron chi connectivity index (χ0n) is 18.6. The van der Waals surface area contributed by atoms with Crippen LogP contribution in [-0.2, 0) is 17.1 Å². The van der Waals surface area contributed by atoms with Crippen molar-refractivity contribution in [1.29, 1.82) is 0 Å². The van der Waals surface area contributed by atoms with Crippen molar-refractivity contribution in [3.8, 4) is 11.4 Å². The van der Waals surface area contributed by atoms with Gasteiger partial charge in [0.05, 0.1) is 17.5 Å². The van der Waals surface area contributed by atoms with Gasteiger partial charge < -0.3 is 9.84 Å². The van der Waals surface area contributed by atoms with Gasteiger partial charge in [-0.25, -0.2) is 0 Å². The highest BCUT2D eigenvalue weighted by Crippen LogP contribution is 2.25. The molecule has 4 rings (SSSR count). The molecule has 0 bridgehead atoms. The van der Waals surface area contributed by atoms with E-state index in [-0.39, 0.29) is 11.8 Å². The van der Waals surface area contributed by atoms with Gasteiger partial charge in [0.2, 0.25) is 17.6 Å². The minimum atomic E-state index is 0.00156. The van der Waals surface area contributed by atoms with E-state index in [0.717, 1.165) is 49.4 Å². The molecule has 0 spiro atoms. The molecule has 1 aliphatic rings. The standard InChI is InChI=1S/C25H29ClN4O2S/c26-22-12-5-4-11-21(22)24-28-23(32-29-24)17-30-14-6-10-20(16-30)25(31)27-13-7-15-33-18-19-8-2-1-3-9-19/h1-5,8-9,11-12,20H,6-7,10,13-18H2,(H,27,31). The summed E-state index contributed by atoms with van der Waals surface area (Å²) in [5.41, 5.74) is 2.10. The number of nitrogens with zero attached hydrogens (tertiary/aromatic N) is 3. The molecule has 1 saturated heterocycles. The third-order valence-electron chi connectivity index (χ3n) is 5.69. The summed E-state index contributed by atoms with van der Waals surface area (Å²) in [5.74, 6) is 3.24. The van der Waals surface area contributed by atoms with Gasteiger partial charge in [0.15, 0.2) is 0 Å². The largest absolute Gasteiger partial charge is 0.356 e. The number of hydrogen-bond donors (Lipinski definition) is 1. The Hall–Kier alpha value is -2.35. The van der Waals surface area contributed by atoms with Crippen molar-refractivity contribution in [3.05, 3.63) is 71.1 Å². The number of carbonyl (C=O) groups excluding carboxylic acids is 1. The van der Waals surface area contributed by atoms with Gasteiger partial charge in [-0.2, -0.15) is 16.7 Å². The Morgan fingerprint density at radius 2 is 2.00 bits per heavy atom. The number of carbonyl (C=O) groups is 1. The lowest BCUT2D eigenvalue weighted by Crippen LogP contribution is -2.43. The summed E-state index contributed by atoms with van der Waals surface area (Å²) >= 11 is 8.14. The number of benzene rings is 2. The van der Waals surface area contributed by atoms with E-state index in [9.17, 15) is 4.79 Å². The Labute approximate surface area is 204 Å². The van der Waals surface area contributed by atoms with Crippen LogP contribution in [0, 0.1) is 5.92 Å². The second-order valence-electron chi connectivity index (χ2n) is 8.25. The molecule has 8 heteroatoms. The van der Waals surface area contributed by atoms with E-state index in [2.05, 4.69) is 44.6 Å². The summed E-state index contributed by atoms with van der Waals surface area (Å²) in [4.78, 5) is 19.4. The van der Waals surface area contributed by atoms with Gasteiger partial charge in [0.25, 0.3) is 0 Å². The van der Waals surface area contributed by atoms with Crippen molar-refractivity contribution in [3.63, 3.8) is 0 Å². The number of thioether (sulfide) groups is 1. The number of rotatable bonds is 10. The van der Waals surface area contributed by atoms with E-state index in [1.54, 1.807) is 0 Å². The first-order valence-corrected chi connectivity index (χ1v) is 12.9. The van der Waals surface area contributed by atoms with Gasteiger partial charge >= 0.3 is 0 Å². The highest BCUT2D eigenvalue weighted by atomic mass is 35.5. The van der Waals surface area contributed by atoms with Gasteiger partial charge in [-0.05, 0) is 49.3 Å². The molecule has 1 unspecified atom stereocenters. The van der Waals surface area contributed by atoms with Crippen molar-refractivity contribution in [1.82, 2.24) is 20.4 Å². The lowest BCUT2D eigenvalue weighted by Gasteiger charge is -2.30. The highest BCUT2D eigenvalue weighted by Gasteiger charge is 2.26. The number of aromatic nitrogens is 2. The molecule has 6 nitrogen and oxygen atoms in total. The van der Waals surface area contributed by atoms with Crippen LogP contribution in [0.1, 0.15) is 30.7 Å². The quantitative estimate of drug-likeness (QED) is 0.406. The maximum Gasteiger partial charge on any atom is 0.241 e. The fraction of sp³-hybridized carbons (Fsp3) is 0.400. The van der Waals surface area contributed by atoms with Crippen LogP contribution >= 0.6 is 23.4 Å². The molecule has 174 valence electrons.